The van der Waals surface area contributed by atoms with Crippen LogP contribution in [-0.2, 0) is 4.79 Å². The van der Waals surface area contributed by atoms with E-state index in [-0.39, 0.29) is 5.91 Å². The zero-order valence-corrected chi connectivity index (χ0v) is 12.1. The van der Waals surface area contributed by atoms with E-state index in [2.05, 4.69) is 11.6 Å². The number of thiocarbonyl (C=S) groups is 1. The van der Waals surface area contributed by atoms with Crippen LogP contribution in [0.2, 0.25) is 0 Å². The van der Waals surface area contributed by atoms with Gasteiger partial charge in [-0.1, -0.05) is 25.1 Å². The first-order valence-corrected chi connectivity index (χ1v) is 8.01. The zero-order valence-electron chi connectivity index (χ0n) is 10.5. The van der Waals surface area contributed by atoms with E-state index in [1.807, 2.05) is 11.8 Å². The summed E-state index contributed by atoms with van der Waals surface area (Å²) >= 11 is 6.91. The quantitative estimate of drug-likeness (QED) is 0.551. The summed E-state index contributed by atoms with van der Waals surface area (Å²) in [4.78, 5) is 12.5. The van der Waals surface area contributed by atoms with Crippen LogP contribution in [0.3, 0.4) is 0 Å². The van der Waals surface area contributed by atoms with E-state index < -0.39 is 5.41 Å². The second-order valence-electron chi connectivity index (χ2n) is 4.61. The highest BCUT2D eigenvalue weighted by atomic mass is 32.2. The molecule has 17 heavy (non-hydrogen) atoms. The fourth-order valence-corrected chi connectivity index (χ4v) is 3.10. The molecule has 5 heteroatoms. The lowest BCUT2D eigenvalue weighted by molar-refractivity contribution is -0.127. The highest BCUT2D eigenvalue weighted by molar-refractivity contribution is 7.98. The van der Waals surface area contributed by atoms with Crippen LogP contribution in [0, 0.1) is 5.41 Å². The van der Waals surface area contributed by atoms with Gasteiger partial charge in [-0.3, -0.25) is 4.79 Å². The molecule has 0 unspecified atom stereocenters. The van der Waals surface area contributed by atoms with Crippen molar-refractivity contribution in [1.29, 1.82) is 0 Å². The second kappa shape index (κ2) is 7.21. The van der Waals surface area contributed by atoms with E-state index >= 15 is 0 Å². The van der Waals surface area contributed by atoms with Crippen molar-refractivity contribution in [2.24, 2.45) is 11.1 Å². The van der Waals surface area contributed by atoms with Gasteiger partial charge in [-0.05, 0) is 37.7 Å². The van der Waals surface area contributed by atoms with Gasteiger partial charge in [0.05, 0.1) is 10.4 Å². The van der Waals surface area contributed by atoms with Crippen molar-refractivity contribution in [2.75, 3.05) is 18.6 Å². The molecule has 0 bridgehead atoms. The minimum atomic E-state index is -0.547. The number of hydrogen-bond acceptors (Lipinski definition) is 3. The summed E-state index contributed by atoms with van der Waals surface area (Å²) in [6.07, 6.45) is 8.01. The summed E-state index contributed by atoms with van der Waals surface area (Å²) in [6, 6.07) is 0. The Kier molecular flexibility index (Phi) is 6.27. The fourth-order valence-electron chi connectivity index (χ4n) is 2.31. The van der Waals surface area contributed by atoms with Gasteiger partial charge in [0.1, 0.15) is 0 Å². The molecule has 0 aromatic rings. The number of thioether (sulfide) groups is 1. The lowest BCUT2D eigenvalue weighted by Crippen LogP contribution is -2.47. The van der Waals surface area contributed by atoms with Gasteiger partial charge in [0, 0.05) is 6.54 Å². The molecule has 1 saturated carbocycles. The third kappa shape index (κ3) is 3.85. The van der Waals surface area contributed by atoms with Crippen molar-refractivity contribution in [3.8, 4) is 0 Å². The monoisotopic (exact) mass is 274 g/mol. The number of hydrogen-bond donors (Lipinski definition) is 2. The molecule has 0 aromatic carbocycles. The Balaban J connectivity index is 2.37. The van der Waals surface area contributed by atoms with E-state index in [4.69, 9.17) is 18.0 Å². The van der Waals surface area contributed by atoms with Crippen LogP contribution in [0.15, 0.2) is 0 Å². The van der Waals surface area contributed by atoms with Crippen LogP contribution in [0.4, 0.5) is 0 Å². The van der Waals surface area contributed by atoms with E-state index in [9.17, 15) is 4.79 Å². The molecular formula is C12H22N2OS2. The highest BCUT2D eigenvalue weighted by Crippen LogP contribution is 2.38. The third-order valence-electron chi connectivity index (χ3n) is 3.42. The topological polar surface area (TPSA) is 55.1 Å². The SMILES string of the molecule is CSCCCCNC(=O)C1(C(N)=S)CCCC1. The van der Waals surface area contributed by atoms with Gasteiger partial charge in [-0.15, -0.1) is 0 Å². The molecule has 0 spiro atoms. The van der Waals surface area contributed by atoms with Gasteiger partial charge in [0.25, 0.3) is 0 Å². The van der Waals surface area contributed by atoms with Crippen LogP contribution < -0.4 is 11.1 Å². The van der Waals surface area contributed by atoms with Crippen molar-refractivity contribution in [2.45, 2.75) is 38.5 Å². The lowest BCUT2D eigenvalue weighted by Gasteiger charge is -2.26. The zero-order chi connectivity index (χ0) is 12.7. The summed E-state index contributed by atoms with van der Waals surface area (Å²) in [5, 5.41) is 2.99. The maximum absolute atomic E-state index is 12.2. The number of carbonyl (C=O) groups excluding carboxylic acids is 1. The largest absolute Gasteiger partial charge is 0.392 e. The molecule has 98 valence electrons. The molecule has 1 aliphatic rings. The first kappa shape index (κ1) is 14.8. The minimum absolute atomic E-state index is 0.0478. The molecule has 0 saturated heterocycles. The summed E-state index contributed by atoms with van der Waals surface area (Å²) in [7, 11) is 0. The van der Waals surface area contributed by atoms with Crippen molar-refractivity contribution in [3.63, 3.8) is 0 Å². The predicted octanol–water partition coefficient (Wildman–Crippen LogP) is 2.09. The summed E-state index contributed by atoms with van der Waals surface area (Å²) in [5.74, 6) is 1.20. The van der Waals surface area contributed by atoms with Crippen molar-refractivity contribution >= 4 is 34.9 Å². The molecule has 3 N–H and O–H groups in total. The van der Waals surface area contributed by atoms with Crippen molar-refractivity contribution in [1.82, 2.24) is 5.32 Å². The fraction of sp³-hybridized carbons (Fsp3) is 0.833. The summed E-state index contributed by atoms with van der Waals surface area (Å²) in [5.41, 5.74) is 5.21. The molecule has 0 aromatic heterocycles. The normalized spacial score (nSPS) is 17.9. The smallest absolute Gasteiger partial charge is 0.233 e. The van der Waals surface area contributed by atoms with Crippen LogP contribution in [0.1, 0.15) is 38.5 Å². The van der Waals surface area contributed by atoms with Gasteiger partial charge < -0.3 is 11.1 Å². The molecule has 1 amide bonds. The van der Waals surface area contributed by atoms with Crippen molar-refractivity contribution < 1.29 is 4.79 Å². The Morgan fingerprint density at radius 3 is 2.59 bits per heavy atom. The highest BCUT2D eigenvalue weighted by Gasteiger charge is 2.43. The number of nitrogens with one attached hydrogen (secondary N) is 1. The molecule has 3 nitrogen and oxygen atoms in total. The van der Waals surface area contributed by atoms with E-state index in [1.165, 1.54) is 0 Å². The van der Waals surface area contributed by atoms with Gasteiger partial charge in [0.15, 0.2) is 0 Å². The molecule has 0 atom stereocenters. The maximum Gasteiger partial charge on any atom is 0.233 e. The van der Waals surface area contributed by atoms with Gasteiger partial charge in [0.2, 0.25) is 5.91 Å². The Morgan fingerprint density at radius 1 is 1.41 bits per heavy atom. The van der Waals surface area contributed by atoms with Gasteiger partial charge in [-0.2, -0.15) is 11.8 Å². The molecular weight excluding hydrogens is 252 g/mol. The predicted molar refractivity (Wildman–Crippen MR) is 78.3 cm³/mol. The van der Waals surface area contributed by atoms with Crippen LogP contribution in [0.25, 0.3) is 0 Å². The maximum atomic E-state index is 12.2. The van der Waals surface area contributed by atoms with Gasteiger partial charge in [-0.25, -0.2) is 0 Å². The number of amides is 1. The molecule has 0 aliphatic heterocycles. The number of carbonyl (C=O) groups is 1. The number of nitrogens with two attached hydrogens (primary N) is 1. The van der Waals surface area contributed by atoms with Crippen LogP contribution >= 0.6 is 24.0 Å². The van der Waals surface area contributed by atoms with E-state index in [1.54, 1.807) is 0 Å². The number of unbranched alkanes of at least 4 members (excludes halogenated alkanes) is 1. The third-order valence-corrected chi connectivity index (χ3v) is 4.51. The molecule has 1 fully saturated rings. The summed E-state index contributed by atoms with van der Waals surface area (Å²) < 4.78 is 0. The average Bonchev–Trinajstić information content (AvgIpc) is 2.79. The number of rotatable bonds is 7. The van der Waals surface area contributed by atoms with E-state index in [0.29, 0.717) is 4.99 Å². The molecule has 1 aliphatic carbocycles. The summed E-state index contributed by atoms with van der Waals surface area (Å²) in [6.45, 7) is 0.740. The second-order valence-corrected chi connectivity index (χ2v) is 6.03. The minimum Gasteiger partial charge on any atom is -0.392 e. The molecule has 1 rings (SSSR count). The Bertz CT molecular complexity index is 276. The van der Waals surface area contributed by atoms with Crippen LogP contribution in [0.5, 0.6) is 0 Å². The lowest BCUT2D eigenvalue weighted by atomic mass is 9.85. The molecule has 0 radical (unpaired) electrons. The van der Waals surface area contributed by atoms with Gasteiger partial charge >= 0.3 is 0 Å². The van der Waals surface area contributed by atoms with Crippen molar-refractivity contribution in [3.05, 3.63) is 0 Å². The Hall–Kier alpha value is -0.290. The standard InChI is InChI=1S/C12H22N2OS2/c1-17-9-5-4-8-14-11(15)12(10(13)16)6-2-3-7-12/h2-9H2,1H3,(H2,13,16)(H,14,15). The van der Waals surface area contributed by atoms with E-state index in [0.717, 1.165) is 50.8 Å². The first-order chi connectivity index (χ1) is 8.13. The van der Waals surface area contributed by atoms with Crippen LogP contribution in [-0.4, -0.2) is 29.4 Å². The Morgan fingerprint density at radius 2 is 2.06 bits per heavy atom. The average molecular weight is 274 g/mol. The first-order valence-electron chi connectivity index (χ1n) is 6.20. The Labute approximate surface area is 113 Å². The molecule has 0 heterocycles.